The van der Waals surface area contributed by atoms with Gasteiger partial charge in [0.05, 0.1) is 17.2 Å². The highest BCUT2D eigenvalue weighted by Crippen LogP contribution is 2.24. The van der Waals surface area contributed by atoms with Crippen molar-refractivity contribution in [2.75, 3.05) is 5.32 Å². The van der Waals surface area contributed by atoms with E-state index in [0.717, 1.165) is 15.8 Å². The van der Waals surface area contributed by atoms with Gasteiger partial charge in [0.2, 0.25) is 11.7 Å². The molecule has 0 spiro atoms. The number of fused-ring (bicyclic) bond motifs is 1. The van der Waals surface area contributed by atoms with Crippen LogP contribution in [0, 0.1) is 18.3 Å². The van der Waals surface area contributed by atoms with Crippen molar-refractivity contribution in [1.29, 1.82) is 5.26 Å². The fraction of sp³-hybridized carbons (Fsp3) is 0.0833. The van der Waals surface area contributed by atoms with E-state index >= 15 is 0 Å². The summed E-state index contributed by atoms with van der Waals surface area (Å²) in [7, 11) is 0. The molecule has 0 atom stereocenters. The van der Waals surface area contributed by atoms with Crippen molar-refractivity contribution in [3.63, 3.8) is 0 Å². The zero-order valence-corrected chi connectivity index (χ0v) is 18.0. The number of aromatic nitrogens is 5. The number of nitrogens with zero attached hydrogens (tertiary/aromatic N) is 6. The highest BCUT2D eigenvalue weighted by molar-refractivity contribution is 5.90. The van der Waals surface area contributed by atoms with Crippen molar-refractivity contribution < 1.29 is 9.32 Å². The molecule has 0 saturated heterocycles. The minimum atomic E-state index is -0.490. The minimum Gasteiger partial charge on any atom is -0.333 e. The van der Waals surface area contributed by atoms with Gasteiger partial charge in [-0.2, -0.15) is 10.2 Å². The van der Waals surface area contributed by atoms with Gasteiger partial charge in [0.1, 0.15) is 6.54 Å². The van der Waals surface area contributed by atoms with Crippen LogP contribution in [-0.4, -0.2) is 30.2 Å². The maximum Gasteiger partial charge on any atom is 0.350 e. The minimum absolute atomic E-state index is 0.205. The maximum atomic E-state index is 12.8. The molecule has 0 saturated carbocycles. The van der Waals surface area contributed by atoms with Gasteiger partial charge in [-0.25, -0.2) is 13.9 Å². The summed E-state index contributed by atoms with van der Waals surface area (Å²) in [6, 6.07) is 19.6. The smallest absolute Gasteiger partial charge is 0.333 e. The number of benzene rings is 2. The Hall–Kier alpha value is -5.04. The van der Waals surface area contributed by atoms with Crippen LogP contribution in [0.2, 0.25) is 0 Å². The third-order valence-corrected chi connectivity index (χ3v) is 5.14. The monoisotopic (exact) mass is 451 g/mol. The van der Waals surface area contributed by atoms with Gasteiger partial charge in [0, 0.05) is 17.4 Å². The number of amides is 1. The summed E-state index contributed by atoms with van der Waals surface area (Å²) in [5, 5.41) is 20.0. The number of rotatable bonds is 5. The highest BCUT2D eigenvalue weighted by atomic mass is 16.5. The quantitative estimate of drug-likeness (QED) is 0.434. The van der Waals surface area contributed by atoms with Crippen molar-refractivity contribution in [3.05, 3.63) is 88.5 Å². The van der Waals surface area contributed by atoms with Gasteiger partial charge in [-0.1, -0.05) is 41.1 Å². The second kappa shape index (κ2) is 8.48. The summed E-state index contributed by atoms with van der Waals surface area (Å²) >= 11 is 0. The van der Waals surface area contributed by atoms with Crippen molar-refractivity contribution >= 4 is 17.2 Å². The normalized spacial score (nSPS) is 10.8. The molecule has 3 heterocycles. The van der Waals surface area contributed by atoms with E-state index in [1.807, 2.05) is 37.3 Å². The SMILES string of the molecule is Cc1ccc(-c2noc(-c3cccn4c(=O)n(CC(=O)Nc5cccc(C#N)c5)nc34)n2)cc1. The second-order valence-corrected chi connectivity index (χ2v) is 7.59. The van der Waals surface area contributed by atoms with E-state index in [1.165, 1.54) is 4.40 Å². The van der Waals surface area contributed by atoms with Gasteiger partial charge >= 0.3 is 5.69 Å². The van der Waals surface area contributed by atoms with Gasteiger partial charge in [0.15, 0.2) is 5.65 Å². The molecule has 0 aliphatic heterocycles. The van der Waals surface area contributed by atoms with E-state index in [0.29, 0.717) is 22.6 Å². The Morgan fingerprint density at radius 2 is 1.97 bits per heavy atom. The number of hydrogen-bond donors (Lipinski definition) is 1. The summed E-state index contributed by atoms with van der Waals surface area (Å²) in [5.41, 5.74) is 3.04. The van der Waals surface area contributed by atoms with Crippen LogP contribution in [0.1, 0.15) is 11.1 Å². The molecular weight excluding hydrogens is 434 g/mol. The summed E-state index contributed by atoms with van der Waals surface area (Å²) < 4.78 is 7.81. The zero-order chi connectivity index (χ0) is 23.7. The van der Waals surface area contributed by atoms with Gasteiger partial charge in [-0.3, -0.25) is 4.79 Å². The van der Waals surface area contributed by atoms with Gasteiger partial charge in [0.25, 0.3) is 5.89 Å². The molecule has 5 rings (SSSR count). The first-order valence-corrected chi connectivity index (χ1v) is 10.3. The molecule has 34 heavy (non-hydrogen) atoms. The van der Waals surface area contributed by atoms with E-state index in [2.05, 4.69) is 20.6 Å². The van der Waals surface area contributed by atoms with Crippen LogP contribution in [0.25, 0.3) is 28.5 Å². The predicted octanol–water partition coefficient (Wildman–Crippen LogP) is 3.03. The lowest BCUT2D eigenvalue weighted by atomic mass is 10.1. The van der Waals surface area contributed by atoms with E-state index in [-0.39, 0.29) is 18.1 Å². The topological polar surface area (TPSA) is 131 Å². The number of pyridine rings is 1. The van der Waals surface area contributed by atoms with E-state index in [4.69, 9.17) is 9.78 Å². The van der Waals surface area contributed by atoms with Gasteiger partial charge in [-0.15, -0.1) is 5.10 Å². The summed E-state index contributed by atoms with van der Waals surface area (Å²) in [6.07, 6.45) is 1.55. The Morgan fingerprint density at radius 1 is 1.15 bits per heavy atom. The Kier molecular flexibility index (Phi) is 5.20. The molecule has 1 N–H and O–H groups in total. The number of carbonyl (C=O) groups is 1. The predicted molar refractivity (Wildman–Crippen MR) is 123 cm³/mol. The standard InChI is InChI=1S/C24H17N7O3/c1-15-7-9-17(10-8-15)21-27-23(34-29-21)19-6-3-11-30-22(19)28-31(24(30)33)14-20(32)26-18-5-2-4-16(12-18)13-25/h2-12H,14H2,1H3,(H,26,32). The molecule has 3 aromatic heterocycles. The lowest BCUT2D eigenvalue weighted by Gasteiger charge is -2.04. The summed E-state index contributed by atoms with van der Waals surface area (Å²) in [6.45, 7) is 1.68. The fourth-order valence-corrected chi connectivity index (χ4v) is 3.46. The van der Waals surface area contributed by atoms with Crippen molar-refractivity contribution in [2.24, 2.45) is 0 Å². The Bertz CT molecular complexity index is 1620. The van der Waals surface area contributed by atoms with Crippen LogP contribution in [-0.2, 0) is 11.3 Å². The van der Waals surface area contributed by atoms with Crippen LogP contribution >= 0.6 is 0 Å². The molecule has 10 heteroatoms. The van der Waals surface area contributed by atoms with Gasteiger partial charge in [-0.05, 0) is 37.3 Å². The van der Waals surface area contributed by atoms with Crippen molar-refractivity contribution in [3.8, 4) is 28.9 Å². The lowest BCUT2D eigenvalue weighted by Crippen LogP contribution is -2.28. The molecule has 10 nitrogen and oxygen atoms in total. The average Bonchev–Trinajstić information content (AvgIpc) is 3.45. The van der Waals surface area contributed by atoms with Gasteiger partial charge < -0.3 is 9.84 Å². The largest absolute Gasteiger partial charge is 0.350 e. The van der Waals surface area contributed by atoms with Crippen molar-refractivity contribution in [1.82, 2.24) is 24.3 Å². The zero-order valence-electron chi connectivity index (χ0n) is 18.0. The maximum absolute atomic E-state index is 12.8. The molecule has 1 amide bonds. The van der Waals surface area contributed by atoms with Crippen LogP contribution in [0.5, 0.6) is 0 Å². The number of nitriles is 1. The van der Waals surface area contributed by atoms with Crippen LogP contribution in [0.15, 0.2) is 76.2 Å². The number of nitrogens with one attached hydrogen (secondary N) is 1. The molecule has 0 bridgehead atoms. The van der Waals surface area contributed by atoms with E-state index in [9.17, 15) is 9.59 Å². The third-order valence-electron chi connectivity index (χ3n) is 5.14. The molecule has 5 aromatic rings. The van der Waals surface area contributed by atoms with E-state index in [1.54, 1.807) is 42.6 Å². The Balaban J connectivity index is 1.44. The lowest BCUT2D eigenvalue weighted by molar-refractivity contribution is -0.117. The first-order valence-electron chi connectivity index (χ1n) is 10.3. The third kappa shape index (κ3) is 3.93. The number of anilines is 1. The Morgan fingerprint density at radius 3 is 2.76 bits per heavy atom. The molecular formula is C24H17N7O3. The molecule has 0 aliphatic rings. The average molecular weight is 451 g/mol. The van der Waals surface area contributed by atoms with Crippen LogP contribution in [0.4, 0.5) is 5.69 Å². The summed E-state index contributed by atoms with van der Waals surface area (Å²) in [5.74, 6) is 0.162. The van der Waals surface area contributed by atoms with Crippen LogP contribution in [0.3, 0.4) is 0 Å². The first kappa shape index (κ1) is 20.8. The number of aryl methyl sites for hydroxylation is 1. The second-order valence-electron chi connectivity index (χ2n) is 7.59. The number of carbonyl (C=O) groups excluding carboxylic acids is 1. The van der Waals surface area contributed by atoms with Crippen LogP contribution < -0.4 is 11.0 Å². The molecule has 0 fully saturated rings. The number of hydrogen-bond acceptors (Lipinski definition) is 7. The molecule has 0 aliphatic carbocycles. The van der Waals surface area contributed by atoms with Crippen molar-refractivity contribution in [2.45, 2.75) is 13.5 Å². The Labute approximate surface area is 192 Å². The first-order chi connectivity index (χ1) is 16.5. The highest BCUT2D eigenvalue weighted by Gasteiger charge is 2.18. The molecule has 0 radical (unpaired) electrons. The fourth-order valence-electron chi connectivity index (χ4n) is 3.46. The van der Waals surface area contributed by atoms with E-state index < -0.39 is 11.6 Å². The molecule has 166 valence electrons. The summed E-state index contributed by atoms with van der Waals surface area (Å²) in [4.78, 5) is 29.8. The molecule has 0 unspecified atom stereocenters. The molecule has 2 aromatic carbocycles.